The van der Waals surface area contributed by atoms with E-state index in [1.54, 1.807) is 6.20 Å². The molecule has 0 saturated carbocycles. The Labute approximate surface area is 131 Å². The fourth-order valence-corrected chi connectivity index (χ4v) is 3.01. The third-order valence-electron chi connectivity index (χ3n) is 2.96. The van der Waals surface area contributed by atoms with E-state index in [-0.39, 0.29) is 6.42 Å². The normalized spacial score (nSPS) is 10.4. The Balaban J connectivity index is 1.96. The van der Waals surface area contributed by atoms with Crippen LogP contribution < -0.4 is 5.32 Å². The van der Waals surface area contributed by atoms with E-state index in [1.165, 1.54) is 11.3 Å². The molecule has 0 aliphatic carbocycles. The van der Waals surface area contributed by atoms with Gasteiger partial charge >= 0.3 is 5.97 Å². The van der Waals surface area contributed by atoms with Crippen molar-refractivity contribution in [1.82, 2.24) is 9.97 Å². The maximum Gasteiger partial charge on any atom is 0.308 e. The predicted molar refractivity (Wildman–Crippen MR) is 86.4 cm³/mol. The number of carbonyl (C=O) groups is 1. The number of carboxylic acids is 1. The molecule has 0 aliphatic rings. The van der Waals surface area contributed by atoms with Gasteiger partial charge < -0.3 is 10.4 Å². The number of anilines is 2. The Morgan fingerprint density at radius 1 is 1.14 bits per heavy atom. The van der Waals surface area contributed by atoms with E-state index in [4.69, 9.17) is 5.11 Å². The highest BCUT2D eigenvalue weighted by molar-refractivity contribution is 7.16. The summed E-state index contributed by atoms with van der Waals surface area (Å²) in [7, 11) is 0. The van der Waals surface area contributed by atoms with Crippen LogP contribution in [0.3, 0.4) is 0 Å². The number of pyridine rings is 1. The molecule has 0 bridgehead atoms. The van der Waals surface area contributed by atoms with Gasteiger partial charge in [0.1, 0.15) is 5.82 Å². The molecule has 0 fully saturated rings. The fraction of sp³-hybridized carbons (Fsp3) is 0.0625. The number of aromatic nitrogens is 2. The molecule has 0 unspecified atom stereocenters. The Kier molecular flexibility index (Phi) is 4.11. The standard InChI is InChI=1S/C16H13N3O2S/c20-14(21)10-12-15(11-6-2-1-3-7-11)19-16(22-12)18-13-8-4-5-9-17-13/h1-9H,10H2,(H,20,21)(H,17,18,19). The van der Waals surface area contributed by atoms with Crippen LogP contribution in [0, 0.1) is 0 Å². The fourth-order valence-electron chi connectivity index (χ4n) is 2.03. The van der Waals surface area contributed by atoms with Crippen molar-refractivity contribution in [3.63, 3.8) is 0 Å². The van der Waals surface area contributed by atoms with Gasteiger partial charge in [0.15, 0.2) is 5.13 Å². The maximum atomic E-state index is 11.1. The smallest absolute Gasteiger partial charge is 0.308 e. The minimum Gasteiger partial charge on any atom is -0.481 e. The summed E-state index contributed by atoms with van der Waals surface area (Å²) in [5, 5.41) is 12.8. The van der Waals surface area contributed by atoms with Crippen molar-refractivity contribution >= 4 is 28.3 Å². The first-order valence-electron chi connectivity index (χ1n) is 6.67. The molecule has 0 amide bonds. The molecule has 3 rings (SSSR count). The number of nitrogens with one attached hydrogen (secondary N) is 1. The van der Waals surface area contributed by atoms with Crippen molar-refractivity contribution in [1.29, 1.82) is 0 Å². The Hall–Kier alpha value is -2.73. The number of carboxylic acid groups (broad SMARTS) is 1. The van der Waals surface area contributed by atoms with Gasteiger partial charge in [-0.1, -0.05) is 36.4 Å². The molecule has 110 valence electrons. The Morgan fingerprint density at radius 2 is 1.91 bits per heavy atom. The second kappa shape index (κ2) is 6.36. The van der Waals surface area contributed by atoms with Crippen molar-refractivity contribution in [2.75, 3.05) is 5.32 Å². The topological polar surface area (TPSA) is 75.1 Å². The molecule has 2 heterocycles. The lowest BCUT2D eigenvalue weighted by molar-refractivity contribution is -0.136. The van der Waals surface area contributed by atoms with Crippen LogP contribution in [0.15, 0.2) is 54.7 Å². The summed E-state index contributed by atoms with van der Waals surface area (Å²) in [5.74, 6) is -0.192. The van der Waals surface area contributed by atoms with E-state index in [9.17, 15) is 4.79 Å². The van der Waals surface area contributed by atoms with Crippen molar-refractivity contribution in [3.8, 4) is 11.3 Å². The molecule has 5 nitrogen and oxygen atoms in total. The molecule has 0 aliphatic heterocycles. The molecule has 0 radical (unpaired) electrons. The van der Waals surface area contributed by atoms with Gasteiger partial charge in [-0.25, -0.2) is 9.97 Å². The summed E-state index contributed by atoms with van der Waals surface area (Å²) in [6, 6.07) is 15.1. The van der Waals surface area contributed by atoms with Crippen LogP contribution in [0.2, 0.25) is 0 Å². The van der Waals surface area contributed by atoms with Gasteiger partial charge in [0, 0.05) is 16.6 Å². The molecule has 22 heavy (non-hydrogen) atoms. The lowest BCUT2D eigenvalue weighted by Crippen LogP contribution is -1.99. The highest BCUT2D eigenvalue weighted by Gasteiger charge is 2.15. The highest BCUT2D eigenvalue weighted by Crippen LogP contribution is 2.32. The van der Waals surface area contributed by atoms with Crippen molar-refractivity contribution in [3.05, 3.63) is 59.6 Å². The molecule has 0 saturated heterocycles. The van der Waals surface area contributed by atoms with Crippen LogP contribution >= 0.6 is 11.3 Å². The zero-order chi connectivity index (χ0) is 15.4. The van der Waals surface area contributed by atoms with E-state index in [1.807, 2.05) is 48.5 Å². The van der Waals surface area contributed by atoms with E-state index in [2.05, 4.69) is 15.3 Å². The number of aliphatic carboxylic acids is 1. The minimum atomic E-state index is -0.870. The summed E-state index contributed by atoms with van der Waals surface area (Å²) >= 11 is 1.33. The van der Waals surface area contributed by atoms with Crippen LogP contribution in [-0.4, -0.2) is 21.0 Å². The predicted octanol–water partition coefficient (Wildman–Crippen LogP) is 3.58. The number of thiazole rings is 1. The number of nitrogens with zero attached hydrogens (tertiary/aromatic N) is 2. The minimum absolute atomic E-state index is 0.0498. The zero-order valence-electron chi connectivity index (χ0n) is 11.6. The van der Waals surface area contributed by atoms with E-state index in [0.29, 0.717) is 16.6 Å². The van der Waals surface area contributed by atoms with Gasteiger partial charge in [-0.2, -0.15) is 0 Å². The number of hydrogen-bond donors (Lipinski definition) is 2. The molecule has 2 aromatic heterocycles. The van der Waals surface area contributed by atoms with Crippen molar-refractivity contribution in [2.45, 2.75) is 6.42 Å². The second-order valence-electron chi connectivity index (χ2n) is 4.57. The Bertz CT molecular complexity index is 773. The average Bonchev–Trinajstić information content (AvgIpc) is 2.91. The first-order valence-corrected chi connectivity index (χ1v) is 7.49. The third kappa shape index (κ3) is 3.29. The molecule has 0 atom stereocenters. The summed E-state index contributed by atoms with van der Waals surface area (Å²) in [6.45, 7) is 0. The summed E-state index contributed by atoms with van der Waals surface area (Å²) < 4.78 is 0. The van der Waals surface area contributed by atoms with Gasteiger partial charge in [-0.3, -0.25) is 4.79 Å². The number of hydrogen-bond acceptors (Lipinski definition) is 5. The van der Waals surface area contributed by atoms with Crippen LogP contribution in [0.4, 0.5) is 10.9 Å². The molecule has 3 aromatic rings. The van der Waals surface area contributed by atoms with Crippen molar-refractivity contribution in [2.24, 2.45) is 0 Å². The van der Waals surface area contributed by atoms with Gasteiger partial charge in [0.25, 0.3) is 0 Å². The second-order valence-corrected chi connectivity index (χ2v) is 5.65. The maximum absolute atomic E-state index is 11.1. The SMILES string of the molecule is O=C(O)Cc1sc(Nc2ccccn2)nc1-c1ccccc1. The quantitative estimate of drug-likeness (QED) is 0.753. The highest BCUT2D eigenvalue weighted by atomic mass is 32.1. The third-order valence-corrected chi connectivity index (χ3v) is 3.93. The molecule has 0 spiro atoms. The molecule has 1 aromatic carbocycles. The van der Waals surface area contributed by atoms with E-state index in [0.717, 1.165) is 10.4 Å². The number of benzene rings is 1. The average molecular weight is 311 g/mol. The largest absolute Gasteiger partial charge is 0.481 e. The molecule has 6 heteroatoms. The van der Waals surface area contributed by atoms with E-state index < -0.39 is 5.97 Å². The number of rotatable bonds is 5. The van der Waals surface area contributed by atoms with Crippen LogP contribution in [0.25, 0.3) is 11.3 Å². The first-order chi connectivity index (χ1) is 10.7. The van der Waals surface area contributed by atoms with Gasteiger partial charge in [0.05, 0.1) is 12.1 Å². The van der Waals surface area contributed by atoms with Gasteiger partial charge in [0.2, 0.25) is 0 Å². The summed E-state index contributed by atoms with van der Waals surface area (Å²) in [6.07, 6.45) is 1.64. The lowest BCUT2D eigenvalue weighted by atomic mass is 10.1. The lowest BCUT2D eigenvalue weighted by Gasteiger charge is -2.00. The van der Waals surface area contributed by atoms with Gasteiger partial charge in [-0.05, 0) is 12.1 Å². The van der Waals surface area contributed by atoms with Gasteiger partial charge in [-0.15, -0.1) is 11.3 Å². The van der Waals surface area contributed by atoms with Crippen LogP contribution in [-0.2, 0) is 11.2 Å². The molecular weight excluding hydrogens is 298 g/mol. The van der Waals surface area contributed by atoms with Crippen LogP contribution in [0.5, 0.6) is 0 Å². The zero-order valence-corrected chi connectivity index (χ0v) is 12.4. The molecule has 2 N–H and O–H groups in total. The molecular formula is C16H13N3O2S. The van der Waals surface area contributed by atoms with Crippen LogP contribution in [0.1, 0.15) is 4.88 Å². The summed E-state index contributed by atoms with van der Waals surface area (Å²) in [4.78, 5) is 20.5. The summed E-state index contributed by atoms with van der Waals surface area (Å²) in [5.41, 5.74) is 1.61. The van der Waals surface area contributed by atoms with E-state index >= 15 is 0 Å². The Morgan fingerprint density at radius 3 is 2.59 bits per heavy atom. The first kappa shape index (κ1) is 14.2. The monoisotopic (exact) mass is 311 g/mol. The van der Waals surface area contributed by atoms with Crippen molar-refractivity contribution < 1.29 is 9.90 Å².